The molecule has 3 aromatic rings. The molecule has 5 N–H and O–H groups in total. The molecule has 2 heterocycles. The van der Waals surface area contributed by atoms with E-state index in [0.29, 0.717) is 11.8 Å². The molecule has 1 aromatic carbocycles. The largest absolute Gasteiger partial charge is 0.481 e. The molecular weight excluding hydrogens is 678 g/mol. The second kappa shape index (κ2) is 15.4. The number of aliphatic carboxylic acids is 1. The molecule has 11 heteroatoms. The van der Waals surface area contributed by atoms with Crippen LogP contribution in [0.15, 0.2) is 48.8 Å². The van der Waals surface area contributed by atoms with E-state index in [0.717, 1.165) is 36.6 Å². The van der Waals surface area contributed by atoms with Gasteiger partial charge in [-0.15, -0.1) is 6.07 Å². The van der Waals surface area contributed by atoms with Crippen LogP contribution in [0.25, 0.3) is 11.3 Å². The number of benzene rings is 1. The van der Waals surface area contributed by atoms with Crippen molar-refractivity contribution in [3.8, 4) is 11.3 Å². The van der Waals surface area contributed by atoms with Crippen molar-refractivity contribution in [1.29, 1.82) is 0 Å². The minimum Gasteiger partial charge on any atom is -0.481 e. The van der Waals surface area contributed by atoms with Crippen molar-refractivity contribution in [1.82, 2.24) is 9.97 Å². The van der Waals surface area contributed by atoms with Crippen LogP contribution in [0.3, 0.4) is 0 Å². The minimum absolute atomic E-state index is 0. The fraction of sp³-hybridized carbons (Fsp3) is 0.321. The minimum atomic E-state index is -0.961. The number of aliphatic hydroxyl groups excluding tert-OH is 1. The van der Waals surface area contributed by atoms with Crippen molar-refractivity contribution in [3.63, 3.8) is 0 Å². The first-order chi connectivity index (χ1) is 18.3. The van der Waals surface area contributed by atoms with Gasteiger partial charge in [0, 0.05) is 40.4 Å². The van der Waals surface area contributed by atoms with Gasteiger partial charge in [0.2, 0.25) is 0 Å². The third kappa shape index (κ3) is 8.65. The predicted molar refractivity (Wildman–Crippen MR) is 140 cm³/mol. The van der Waals surface area contributed by atoms with Gasteiger partial charge in [0.25, 0.3) is 0 Å². The van der Waals surface area contributed by atoms with E-state index in [2.05, 4.69) is 15.3 Å². The van der Waals surface area contributed by atoms with Crippen molar-refractivity contribution in [2.24, 2.45) is 11.7 Å². The summed E-state index contributed by atoms with van der Waals surface area (Å²) in [6.07, 6.45) is 8.31. The zero-order valence-corrected chi connectivity index (χ0v) is 24.3. The number of hydrogen-bond donors (Lipinski definition) is 4. The van der Waals surface area contributed by atoms with Crippen molar-refractivity contribution in [2.75, 3.05) is 19.0 Å². The summed E-state index contributed by atoms with van der Waals surface area (Å²) in [7, 11) is 1.86. The van der Waals surface area contributed by atoms with Crippen LogP contribution in [0.4, 0.5) is 14.5 Å². The van der Waals surface area contributed by atoms with Crippen LogP contribution in [0, 0.1) is 24.0 Å². The molecule has 1 aliphatic rings. The molecule has 39 heavy (non-hydrogen) atoms. The number of carbonyl (C=O) groups is 2. The second-order valence-corrected chi connectivity index (χ2v) is 9.06. The molecule has 4 rings (SSSR count). The van der Waals surface area contributed by atoms with Gasteiger partial charge in [-0.05, 0) is 42.5 Å². The van der Waals surface area contributed by atoms with E-state index in [1.165, 1.54) is 12.1 Å². The summed E-state index contributed by atoms with van der Waals surface area (Å²) in [6, 6.07) is 9.00. The van der Waals surface area contributed by atoms with Gasteiger partial charge in [0.15, 0.2) is 6.29 Å². The van der Waals surface area contributed by atoms with Gasteiger partial charge in [-0.25, -0.2) is 8.78 Å². The van der Waals surface area contributed by atoms with Crippen LogP contribution in [0.1, 0.15) is 53.2 Å². The number of hydrogen-bond acceptors (Lipinski definition) is 7. The fourth-order valence-electron chi connectivity index (χ4n) is 4.75. The molecular formula is C28H31F2N4O4W-. The van der Waals surface area contributed by atoms with E-state index in [1.807, 2.05) is 19.5 Å². The number of aliphatic hydroxyl groups is 1. The zero-order chi connectivity index (χ0) is 27.7. The van der Waals surface area contributed by atoms with E-state index >= 15 is 0 Å². The third-order valence-corrected chi connectivity index (χ3v) is 6.36. The number of carbonyl (C=O) groups excluding carboxylic acids is 1. The number of aromatic nitrogens is 2. The topological polar surface area (TPSA) is 138 Å². The summed E-state index contributed by atoms with van der Waals surface area (Å²) in [4.78, 5) is 28.8. The average molecular weight is 709 g/mol. The van der Waals surface area contributed by atoms with Crippen LogP contribution in [0.5, 0.6) is 0 Å². The van der Waals surface area contributed by atoms with E-state index < -0.39 is 17.6 Å². The first-order valence-corrected chi connectivity index (χ1v) is 12.2. The number of rotatable bonds is 8. The van der Waals surface area contributed by atoms with Crippen LogP contribution in [-0.2, 0) is 25.9 Å². The molecule has 0 aliphatic heterocycles. The number of anilines is 1. The third-order valence-electron chi connectivity index (χ3n) is 6.36. The summed E-state index contributed by atoms with van der Waals surface area (Å²) in [6.45, 7) is -0.269. The van der Waals surface area contributed by atoms with Crippen molar-refractivity contribution in [2.45, 2.75) is 37.6 Å². The van der Waals surface area contributed by atoms with Crippen LogP contribution in [0.2, 0.25) is 0 Å². The van der Waals surface area contributed by atoms with Crippen LogP contribution in [-0.4, -0.2) is 52.1 Å². The Bertz CT molecular complexity index is 1260. The number of halogens is 2. The van der Waals surface area contributed by atoms with Gasteiger partial charge in [-0.3, -0.25) is 19.6 Å². The summed E-state index contributed by atoms with van der Waals surface area (Å²) in [5.74, 6) is -1.94. The van der Waals surface area contributed by atoms with Gasteiger partial charge < -0.3 is 21.3 Å². The summed E-state index contributed by atoms with van der Waals surface area (Å²) < 4.78 is 29.4. The molecule has 1 aliphatic carbocycles. The zero-order valence-electron chi connectivity index (χ0n) is 21.4. The Morgan fingerprint density at radius 1 is 1.18 bits per heavy atom. The van der Waals surface area contributed by atoms with E-state index in [4.69, 9.17) is 15.9 Å². The number of nitrogens with zero attached hydrogens (tertiary/aromatic N) is 2. The van der Waals surface area contributed by atoms with E-state index in [9.17, 15) is 18.4 Å². The number of nitrogens with one attached hydrogen (secondary N) is 1. The summed E-state index contributed by atoms with van der Waals surface area (Å²) in [5.41, 5.74) is 9.00. The molecule has 0 saturated heterocycles. The molecule has 208 valence electrons. The van der Waals surface area contributed by atoms with E-state index in [1.54, 1.807) is 24.5 Å². The smallest absolute Gasteiger partial charge is 0.305 e. The standard InChI is InChI=1S/C25H25F2N4O.C3H6O3.W/c1-29-23-13-30-8-7-20(23)17-10-15(11-18(28)12-17)9-16-3-2-4-21(26)24(16)25-22(27)6-5-19(14-32)31-25;4-2-1-3(5)6;/h2-9,13-15,17-18,29H,10-12,28H2,1H3;4H,1-2H2,(H,5,6);/q-1;;. The molecule has 0 bridgehead atoms. The number of pyridine rings is 2. The van der Waals surface area contributed by atoms with Gasteiger partial charge in [-0.2, -0.15) is 18.1 Å². The summed E-state index contributed by atoms with van der Waals surface area (Å²) >= 11 is 0. The Kier molecular flexibility index (Phi) is 12.6. The first-order valence-electron chi connectivity index (χ1n) is 12.2. The number of aldehydes is 1. The molecule has 3 atom stereocenters. The number of nitrogens with two attached hydrogens (primary N) is 1. The van der Waals surface area contributed by atoms with Gasteiger partial charge in [0.1, 0.15) is 11.5 Å². The normalized spacial score (nSPS) is 18.1. The van der Waals surface area contributed by atoms with Crippen LogP contribution >= 0.6 is 0 Å². The quantitative estimate of drug-likeness (QED) is 0.202. The second-order valence-electron chi connectivity index (χ2n) is 9.06. The maximum Gasteiger partial charge on any atom is 0.305 e. The van der Waals surface area contributed by atoms with Gasteiger partial charge >= 0.3 is 5.97 Å². The van der Waals surface area contributed by atoms with Gasteiger partial charge in [-0.1, -0.05) is 24.0 Å². The van der Waals surface area contributed by atoms with Crippen molar-refractivity contribution in [3.05, 3.63) is 83.7 Å². The predicted octanol–water partition coefficient (Wildman–Crippen LogP) is 4.19. The molecule has 0 amide bonds. The van der Waals surface area contributed by atoms with Crippen molar-refractivity contribution >= 4 is 17.9 Å². The molecule has 0 radical (unpaired) electrons. The Morgan fingerprint density at radius 3 is 2.59 bits per heavy atom. The monoisotopic (exact) mass is 709 g/mol. The number of carboxylic acids is 1. The number of carboxylic acid groups (broad SMARTS) is 1. The Morgan fingerprint density at radius 2 is 1.95 bits per heavy atom. The first kappa shape index (κ1) is 32.0. The fourth-order valence-corrected chi connectivity index (χ4v) is 4.75. The van der Waals surface area contributed by atoms with E-state index in [-0.39, 0.29) is 68.9 Å². The molecule has 1 saturated carbocycles. The van der Waals surface area contributed by atoms with Gasteiger partial charge in [0.05, 0.1) is 36.4 Å². The molecule has 0 spiro atoms. The average Bonchev–Trinajstić information content (AvgIpc) is 2.89. The van der Waals surface area contributed by atoms with Crippen molar-refractivity contribution < 1.29 is 49.6 Å². The molecule has 2 aromatic heterocycles. The molecule has 8 nitrogen and oxygen atoms in total. The van der Waals surface area contributed by atoms with Crippen LogP contribution < -0.4 is 11.1 Å². The summed E-state index contributed by atoms with van der Waals surface area (Å²) in [5, 5.41) is 18.8. The maximum atomic E-state index is 14.9. The Balaban J connectivity index is 0.000000687. The SMILES string of the molecule is CNc1cnccc1C1CC(N)CC([CH-]c2cccc(F)c2-c2nc(C=O)ccc2F)C1.O=C(O)CCO.[W]. The Hall–Kier alpha value is -3.20. The Labute approximate surface area is 240 Å². The maximum absolute atomic E-state index is 14.9. The molecule has 3 unspecified atom stereocenters. The molecule has 1 fully saturated rings.